The summed E-state index contributed by atoms with van der Waals surface area (Å²) < 4.78 is 0. The van der Waals surface area contributed by atoms with Crippen molar-refractivity contribution < 1.29 is 4.79 Å². The van der Waals surface area contributed by atoms with Gasteiger partial charge < -0.3 is 5.32 Å². The predicted molar refractivity (Wildman–Crippen MR) is 83.8 cm³/mol. The van der Waals surface area contributed by atoms with Crippen LogP contribution < -0.4 is 5.32 Å². The van der Waals surface area contributed by atoms with Gasteiger partial charge in [-0.05, 0) is 45.2 Å². The molecule has 3 nitrogen and oxygen atoms in total. The van der Waals surface area contributed by atoms with Crippen LogP contribution in [0, 0.1) is 12.3 Å². The fourth-order valence-electron chi connectivity index (χ4n) is 2.22. The molecule has 0 saturated carbocycles. The number of nitrogens with one attached hydrogen (secondary N) is 1. The lowest BCUT2D eigenvalue weighted by Crippen LogP contribution is -2.51. The second-order valence-electron chi connectivity index (χ2n) is 7.64. The van der Waals surface area contributed by atoms with Crippen molar-refractivity contribution in [3.8, 4) is 0 Å². The Kier molecular flexibility index (Phi) is 5.09. The van der Waals surface area contributed by atoms with Crippen molar-refractivity contribution in [3.63, 3.8) is 0 Å². The number of hydrogen-bond acceptors (Lipinski definition) is 3. The molecule has 0 saturated heterocycles. The number of Topliss-reactive ketones (excluding diaryl/α,β-unsaturated/α-hetero) is 1. The Morgan fingerprint density at radius 2 is 1.80 bits per heavy atom. The molecule has 0 amide bonds. The number of nitrogens with zero attached hydrogens (tertiary/aromatic N) is 1. The maximum absolute atomic E-state index is 12.6. The molecule has 0 aliphatic heterocycles. The van der Waals surface area contributed by atoms with Gasteiger partial charge in [0, 0.05) is 23.3 Å². The van der Waals surface area contributed by atoms with Gasteiger partial charge in [-0.1, -0.05) is 26.8 Å². The zero-order valence-electron chi connectivity index (χ0n) is 13.9. The number of aromatic nitrogens is 1. The van der Waals surface area contributed by atoms with Crippen LogP contribution in [0.5, 0.6) is 0 Å². The molecule has 0 aliphatic carbocycles. The minimum absolute atomic E-state index is 0.0944. The zero-order chi connectivity index (χ0) is 15.6. The number of carbonyl (C=O) groups is 1. The van der Waals surface area contributed by atoms with Crippen molar-refractivity contribution in [1.29, 1.82) is 0 Å². The molecular formula is C17H28N2O. The number of ketones is 1. The molecule has 0 bridgehead atoms. The maximum Gasteiger partial charge on any atom is 0.155 e. The zero-order valence-corrected chi connectivity index (χ0v) is 13.9. The summed E-state index contributed by atoms with van der Waals surface area (Å²) in [5.41, 5.74) is 1.78. The van der Waals surface area contributed by atoms with Gasteiger partial charge in [-0.25, -0.2) is 0 Å². The highest BCUT2D eigenvalue weighted by molar-refractivity contribution is 5.89. The SMILES string of the molecule is Cc1cncc(CC(NC(C)(C)C)C(=O)C(C)(C)C)c1. The van der Waals surface area contributed by atoms with Crippen molar-refractivity contribution in [2.45, 2.75) is 66.5 Å². The standard InChI is InChI=1S/C17H28N2O/c1-12-8-13(11-18-10-12)9-14(19-17(5,6)7)15(20)16(2,3)4/h8,10-11,14,19H,9H2,1-7H3. The molecule has 20 heavy (non-hydrogen) atoms. The van der Waals surface area contributed by atoms with E-state index in [0.29, 0.717) is 6.42 Å². The van der Waals surface area contributed by atoms with Crippen LogP contribution in [0.3, 0.4) is 0 Å². The quantitative estimate of drug-likeness (QED) is 0.917. The summed E-state index contributed by atoms with van der Waals surface area (Å²) in [6, 6.07) is 1.92. The summed E-state index contributed by atoms with van der Waals surface area (Å²) in [6.45, 7) is 14.2. The second kappa shape index (κ2) is 6.04. The molecule has 1 N–H and O–H groups in total. The Labute approximate surface area is 123 Å². The molecule has 0 fully saturated rings. The van der Waals surface area contributed by atoms with Crippen LogP contribution in [0.1, 0.15) is 52.7 Å². The molecule has 0 aromatic carbocycles. The van der Waals surface area contributed by atoms with Gasteiger partial charge in [-0.3, -0.25) is 9.78 Å². The van der Waals surface area contributed by atoms with E-state index in [2.05, 4.69) is 37.1 Å². The third-order valence-corrected chi connectivity index (χ3v) is 3.03. The van der Waals surface area contributed by atoms with E-state index in [0.717, 1.165) is 11.1 Å². The monoisotopic (exact) mass is 276 g/mol. The van der Waals surface area contributed by atoms with Gasteiger partial charge in [0.2, 0.25) is 0 Å². The average molecular weight is 276 g/mol. The first-order valence-electron chi connectivity index (χ1n) is 7.21. The van der Waals surface area contributed by atoms with Gasteiger partial charge in [0.1, 0.15) is 0 Å². The summed E-state index contributed by atoms with van der Waals surface area (Å²) in [7, 11) is 0. The van der Waals surface area contributed by atoms with E-state index < -0.39 is 0 Å². The molecule has 1 aromatic rings. The van der Waals surface area contributed by atoms with Gasteiger partial charge in [0.05, 0.1) is 6.04 Å². The highest BCUT2D eigenvalue weighted by atomic mass is 16.1. The molecule has 1 unspecified atom stereocenters. The summed E-state index contributed by atoms with van der Waals surface area (Å²) in [5.74, 6) is 0.244. The molecule has 0 spiro atoms. The number of carbonyl (C=O) groups excluding carboxylic acids is 1. The maximum atomic E-state index is 12.6. The van der Waals surface area contributed by atoms with Gasteiger partial charge in [-0.15, -0.1) is 0 Å². The van der Waals surface area contributed by atoms with Crippen LogP contribution in [0.4, 0.5) is 0 Å². The second-order valence-corrected chi connectivity index (χ2v) is 7.64. The molecule has 3 heteroatoms. The number of pyridine rings is 1. The van der Waals surface area contributed by atoms with Crippen LogP contribution in [-0.4, -0.2) is 22.3 Å². The largest absolute Gasteiger partial charge is 0.302 e. The summed E-state index contributed by atoms with van der Waals surface area (Å²) in [5, 5.41) is 3.45. The Hall–Kier alpha value is -1.22. The lowest BCUT2D eigenvalue weighted by atomic mass is 9.83. The predicted octanol–water partition coefficient (Wildman–Crippen LogP) is 3.30. The van der Waals surface area contributed by atoms with Gasteiger partial charge in [-0.2, -0.15) is 0 Å². The molecular weight excluding hydrogens is 248 g/mol. The summed E-state index contributed by atoms with van der Waals surface area (Å²) >= 11 is 0. The van der Waals surface area contributed by atoms with E-state index in [1.54, 1.807) is 0 Å². The third-order valence-electron chi connectivity index (χ3n) is 3.03. The normalized spacial score (nSPS) is 14.2. The van der Waals surface area contributed by atoms with Crippen molar-refractivity contribution >= 4 is 5.78 Å². The summed E-state index contributed by atoms with van der Waals surface area (Å²) in [4.78, 5) is 16.9. The number of aryl methyl sites for hydroxylation is 1. The van der Waals surface area contributed by atoms with E-state index >= 15 is 0 Å². The van der Waals surface area contributed by atoms with Crippen molar-refractivity contribution in [2.75, 3.05) is 0 Å². The Balaban J connectivity index is 2.97. The molecule has 112 valence electrons. The van der Waals surface area contributed by atoms with Gasteiger partial charge >= 0.3 is 0 Å². The minimum Gasteiger partial charge on any atom is -0.302 e. The van der Waals surface area contributed by atoms with Crippen molar-refractivity contribution in [3.05, 3.63) is 29.6 Å². The van der Waals surface area contributed by atoms with E-state index in [1.165, 1.54) is 0 Å². The number of hydrogen-bond donors (Lipinski definition) is 1. The Morgan fingerprint density at radius 1 is 1.20 bits per heavy atom. The van der Waals surface area contributed by atoms with Crippen LogP contribution in [0.15, 0.2) is 18.5 Å². The van der Waals surface area contributed by atoms with Crippen molar-refractivity contribution in [2.24, 2.45) is 5.41 Å². The highest BCUT2D eigenvalue weighted by Gasteiger charge is 2.32. The third kappa shape index (κ3) is 5.41. The van der Waals surface area contributed by atoms with Gasteiger partial charge in [0.15, 0.2) is 5.78 Å². The number of rotatable bonds is 4. The first kappa shape index (κ1) is 16.8. The minimum atomic E-state index is -0.347. The smallest absolute Gasteiger partial charge is 0.155 e. The van der Waals surface area contributed by atoms with Gasteiger partial charge in [0.25, 0.3) is 0 Å². The van der Waals surface area contributed by atoms with E-state index in [9.17, 15) is 4.79 Å². The summed E-state index contributed by atoms with van der Waals surface area (Å²) in [6.07, 6.45) is 4.36. The molecule has 0 aliphatic rings. The van der Waals surface area contributed by atoms with Crippen LogP contribution in [-0.2, 0) is 11.2 Å². The molecule has 0 radical (unpaired) electrons. The molecule has 1 heterocycles. The van der Waals surface area contributed by atoms with E-state index in [4.69, 9.17) is 0 Å². The van der Waals surface area contributed by atoms with E-state index in [1.807, 2.05) is 40.1 Å². The Morgan fingerprint density at radius 3 is 2.25 bits per heavy atom. The van der Waals surface area contributed by atoms with Crippen LogP contribution in [0.2, 0.25) is 0 Å². The molecule has 1 rings (SSSR count). The lowest BCUT2D eigenvalue weighted by Gasteiger charge is -2.31. The lowest BCUT2D eigenvalue weighted by molar-refractivity contribution is -0.128. The first-order chi connectivity index (χ1) is 8.99. The topological polar surface area (TPSA) is 42.0 Å². The van der Waals surface area contributed by atoms with Crippen LogP contribution in [0.25, 0.3) is 0 Å². The highest BCUT2D eigenvalue weighted by Crippen LogP contribution is 2.20. The Bertz CT molecular complexity index is 467. The van der Waals surface area contributed by atoms with Crippen LogP contribution >= 0.6 is 0 Å². The average Bonchev–Trinajstić information content (AvgIpc) is 2.24. The van der Waals surface area contributed by atoms with E-state index in [-0.39, 0.29) is 22.8 Å². The molecule has 1 aromatic heterocycles. The fraction of sp³-hybridized carbons (Fsp3) is 0.647. The first-order valence-corrected chi connectivity index (χ1v) is 7.21. The fourth-order valence-corrected chi connectivity index (χ4v) is 2.22. The van der Waals surface area contributed by atoms with Crippen molar-refractivity contribution in [1.82, 2.24) is 10.3 Å². The molecule has 1 atom stereocenters.